The molecule has 0 rings (SSSR count). The maximum absolute atomic E-state index is 11.9. The van der Waals surface area contributed by atoms with Crippen LogP contribution in [0.25, 0.3) is 0 Å². The van der Waals surface area contributed by atoms with Crippen LogP contribution in [-0.2, 0) is 13.6 Å². The minimum absolute atomic E-state index is 0.0797. The summed E-state index contributed by atoms with van der Waals surface area (Å²) in [4.78, 5) is 27.2. The topological polar surface area (TPSA) is 96.2 Å². The first kappa shape index (κ1) is 16.5. The summed E-state index contributed by atoms with van der Waals surface area (Å²) in [6.07, 6.45) is 2.86. The van der Waals surface area contributed by atoms with Gasteiger partial charge < -0.3 is 0 Å². The predicted octanol–water partition coefficient (Wildman–Crippen LogP) is 2.20. The zero-order chi connectivity index (χ0) is 12.7. The van der Waals surface area contributed by atoms with Gasteiger partial charge in [-0.05, 0) is 0 Å². The van der Waals surface area contributed by atoms with E-state index < -0.39 is 14.9 Å². The third-order valence-electron chi connectivity index (χ3n) is 1.89. The van der Waals surface area contributed by atoms with Gasteiger partial charge in [0.15, 0.2) is 0 Å². The van der Waals surface area contributed by atoms with Crippen LogP contribution in [0.3, 0.4) is 0 Å². The zero-order valence-electron chi connectivity index (χ0n) is 9.76. The summed E-state index contributed by atoms with van der Waals surface area (Å²) in [6, 6.07) is 0. The van der Waals surface area contributed by atoms with E-state index in [4.69, 9.17) is 23.7 Å². The monoisotopic (exact) mass is 276 g/mol. The Morgan fingerprint density at radius 2 is 1.38 bits per heavy atom. The second-order valence-corrected chi connectivity index (χ2v) is 9.63. The van der Waals surface area contributed by atoms with Crippen molar-refractivity contribution in [2.24, 2.45) is 0 Å². The van der Waals surface area contributed by atoms with Crippen LogP contribution in [0.5, 0.6) is 0 Å². The molecule has 0 atom stereocenters. The Kier molecular flexibility index (Phi) is 7.94. The molecule has 0 fully saturated rings. The Bertz CT molecular complexity index is 213. The standard InChI is InChI=1S/C8H22O6P2/c1-3-5-7-13-16(12,15(9,10)11)14-8-6-4-2/h9-11,15H,3-8H2,1-2H3. The van der Waals surface area contributed by atoms with Gasteiger partial charge >= 0.3 is 96.0 Å². The molecule has 0 radical (unpaired) electrons. The Hall–Kier alpha value is 0.460. The van der Waals surface area contributed by atoms with Gasteiger partial charge in [0.25, 0.3) is 0 Å². The molecule has 6 nitrogen and oxygen atoms in total. The normalized spacial score (nSPS) is 14.1. The molecule has 0 aromatic carbocycles. The maximum atomic E-state index is 11.9. The first-order valence-corrected chi connectivity index (χ1v) is 9.66. The quantitative estimate of drug-likeness (QED) is 0.441. The second kappa shape index (κ2) is 7.72. The summed E-state index contributed by atoms with van der Waals surface area (Å²) in [5.74, 6) is 0. The molecule has 0 amide bonds. The fourth-order valence-corrected chi connectivity index (χ4v) is 3.62. The van der Waals surface area contributed by atoms with Gasteiger partial charge in [-0.25, -0.2) is 0 Å². The van der Waals surface area contributed by atoms with E-state index >= 15 is 0 Å². The molecular weight excluding hydrogens is 254 g/mol. The Balaban J connectivity index is 4.33. The van der Waals surface area contributed by atoms with E-state index in [1.807, 2.05) is 13.8 Å². The first-order chi connectivity index (χ1) is 7.37. The molecule has 0 unspecified atom stereocenters. The van der Waals surface area contributed by atoms with Crippen molar-refractivity contribution in [3.05, 3.63) is 0 Å². The first-order valence-electron chi connectivity index (χ1n) is 5.43. The molecule has 0 aromatic rings. The molecule has 0 aliphatic rings. The number of hydrogen-bond acceptors (Lipinski definition) is 6. The van der Waals surface area contributed by atoms with Gasteiger partial charge in [0.1, 0.15) is 0 Å². The summed E-state index contributed by atoms with van der Waals surface area (Å²) in [7, 11) is -9.06. The van der Waals surface area contributed by atoms with E-state index in [1.54, 1.807) is 0 Å². The molecule has 0 aromatic heterocycles. The fraction of sp³-hybridized carbons (Fsp3) is 1.00. The van der Waals surface area contributed by atoms with Crippen molar-refractivity contribution in [2.75, 3.05) is 13.2 Å². The van der Waals surface area contributed by atoms with Gasteiger partial charge in [-0.1, -0.05) is 0 Å². The van der Waals surface area contributed by atoms with Crippen molar-refractivity contribution in [1.82, 2.24) is 0 Å². The molecule has 0 saturated heterocycles. The van der Waals surface area contributed by atoms with E-state index in [9.17, 15) is 4.57 Å². The molecular formula is C8H22O6P2. The fourth-order valence-electron chi connectivity index (χ4n) is 0.869. The SMILES string of the molecule is CCCCOP(=O)(OCCCC)[PH](O)(O)O. The van der Waals surface area contributed by atoms with Crippen LogP contribution >= 0.6 is 14.9 Å². The number of rotatable bonds is 9. The summed E-state index contributed by atoms with van der Waals surface area (Å²) in [6.45, 7) is 3.98. The molecule has 0 saturated carbocycles. The Morgan fingerprint density at radius 3 is 1.62 bits per heavy atom. The molecule has 0 spiro atoms. The summed E-state index contributed by atoms with van der Waals surface area (Å²) in [5, 5.41) is 0. The molecule has 0 heterocycles. The summed E-state index contributed by atoms with van der Waals surface area (Å²) < 4.78 is 21.5. The van der Waals surface area contributed by atoms with Crippen molar-refractivity contribution in [2.45, 2.75) is 39.5 Å². The van der Waals surface area contributed by atoms with Crippen molar-refractivity contribution in [3.63, 3.8) is 0 Å². The van der Waals surface area contributed by atoms with Crippen LogP contribution < -0.4 is 0 Å². The van der Waals surface area contributed by atoms with Crippen molar-refractivity contribution in [1.29, 1.82) is 0 Å². The van der Waals surface area contributed by atoms with Gasteiger partial charge in [-0.15, -0.1) is 0 Å². The van der Waals surface area contributed by atoms with Gasteiger partial charge in [-0.3, -0.25) is 0 Å². The van der Waals surface area contributed by atoms with Gasteiger partial charge in [0, 0.05) is 0 Å². The molecule has 8 heteroatoms. The molecule has 0 aliphatic carbocycles. The number of unbranched alkanes of at least 4 members (excludes halogenated alkanes) is 2. The minimum atomic E-state index is -4.90. The second-order valence-electron chi connectivity index (χ2n) is 3.47. The van der Waals surface area contributed by atoms with Crippen LogP contribution in [0.2, 0.25) is 0 Å². The Morgan fingerprint density at radius 1 is 1.00 bits per heavy atom. The van der Waals surface area contributed by atoms with Crippen LogP contribution in [0, 0.1) is 0 Å². The molecule has 0 bridgehead atoms. The van der Waals surface area contributed by atoms with E-state index in [2.05, 4.69) is 0 Å². The summed E-state index contributed by atoms with van der Waals surface area (Å²) >= 11 is 0. The third-order valence-corrected chi connectivity index (χ3v) is 6.64. The average molecular weight is 276 g/mol. The van der Waals surface area contributed by atoms with Crippen LogP contribution in [0.15, 0.2) is 0 Å². The van der Waals surface area contributed by atoms with Crippen LogP contribution in [0.1, 0.15) is 39.5 Å². The molecule has 100 valence electrons. The van der Waals surface area contributed by atoms with Crippen LogP contribution in [0.4, 0.5) is 0 Å². The van der Waals surface area contributed by atoms with Crippen molar-refractivity contribution < 1.29 is 28.3 Å². The average Bonchev–Trinajstić information content (AvgIpc) is 2.17. The van der Waals surface area contributed by atoms with Gasteiger partial charge in [0.2, 0.25) is 0 Å². The molecule has 0 aliphatic heterocycles. The summed E-state index contributed by atoms with van der Waals surface area (Å²) in [5.41, 5.74) is 0. The van der Waals surface area contributed by atoms with E-state index in [1.165, 1.54) is 0 Å². The zero-order valence-corrected chi connectivity index (χ0v) is 11.7. The van der Waals surface area contributed by atoms with Crippen molar-refractivity contribution in [3.8, 4) is 0 Å². The third kappa shape index (κ3) is 5.69. The van der Waals surface area contributed by atoms with Crippen LogP contribution in [-0.4, -0.2) is 27.9 Å². The van der Waals surface area contributed by atoms with Gasteiger partial charge in [-0.2, -0.15) is 0 Å². The number of hydrogen-bond donors (Lipinski definition) is 3. The Labute approximate surface area is 96.6 Å². The van der Waals surface area contributed by atoms with E-state index in [0.29, 0.717) is 12.8 Å². The van der Waals surface area contributed by atoms with Gasteiger partial charge in [0.05, 0.1) is 0 Å². The van der Waals surface area contributed by atoms with E-state index in [-0.39, 0.29) is 13.2 Å². The predicted molar refractivity (Wildman–Crippen MR) is 64.3 cm³/mol. The molecule has 3 N–H and O–H groups in total. The van der Waals surface area contributed by atoms with E-state index in [0.717, 1.165) is 12.8 Å². The van der Waals surface area contributed by atoms with Crippen molar-refractivity contribution >= 4 is 14.9 Å². The molecule has 16 heavy (non-hydrogen) atoms.